The molecule has 0 unspecified atom stereocenters. The number of ketones is 1. The molecular weight excluding hydrogens is 802 g/mol. The third-order valence-electron chi connectivity index (χ3n) is 8.83. The van der Waals surface area contributed by atoms with Crippen molar-refractivity contribution < 1.29 is 55.8 Å². The molecule has 320 valence electrons. The van der Waals surface area contributed by atoms with Crippen LogP contribution in [0.4, 0.5) is 22.0 Å². The molecule has 0 aliphatic carbocycles. The molecule has 0 bridgehead atoms. The molecule has 12 nitrogen and oxygen atoms in total. The number of carboxylic acids is 1. The fourth-order valence-electron chi connectivity index (χ4n) is 6.12. The van der Waals surface area contributed by atoms with E-state index < -0.39 is 47.1 Å². The maximum absolute atomic E-state index is 15.0. The van der Waals surface area contributed by atoms with Crippen molar-refractivity contribution in [2.75, 3.05) is 37.7 Å². The number of nitrogens with zero attached hydrogens (tertiary/aromatic N) is 3. The quantitative estimate of drug-likeness (QED) is 0.0756. The van der Waals surface area contributed by atoms with E-state index in [1.54, 1.807) is 6.20 Å². The highest BCUT2D eigenvalue weighted by molar-refractivity contribution is 7.99. The van der Waals surface area contributed by atoms with Crippen LogP contribution in [0.2, 0.25) is 0 Å². The summed E-state index contributed by atoms with van der Waals surface area (Å²) < 4.78 is 63.1. The van der Waals surface area contributed by atoms with Crippen molar-refractivity contribution >= 4 is 47.1 Å². The van der Waals surface area contributed by atoms with E-state index in [2.05, 4.69) is 5.32 Å². The first kappa shape index (κ1) is 48.0. The first-order valence-corrected chi connectivity index (χ1v) is 19.8. The summed E-state index contributed by atoms with van der Waals surface area (Å²) in [6.45, 7) is 7.30. The molecule has 0 fully saturated rings. The standard InChI is InChI=1S/C39H47F2N5O5S.C2HF3O2/c1-39(2,3)38(33-21-28(31-22-29(40)12-13-32(31)41)24-44(33)23-27-9-5-4-6-10-27)45(19-8-17-42)37(51)26-52-20-16-34(48)43-18-7-11-30(47)25-46-35(49)14-15-36(46)50;3-2(4,5)1(6)7/h4-6,9-10,12-15,21-22,24,38H,7-8,11,16-20,23,25-26,42H2,1-3H3,(H,43,48);(H,6,7)/t38-;/m0./s1. The number of amides is 4. The molecule has 1 aliphatic heterocycles. The molecule has 0 radical (unpaired) electrons. The lowest BCUT2D eigenvalue weighted by molar-refractivity contribution is -0.192. The van der Waals surface area contributed by atoms with Crippen LogP contribution < -0.4 is 11.1 Å². The predicted octanol–water partition coefficient (Wildman–Crippen LogP) is 5.89. The highest BCUT2D eigenvalue weighted by atomic mass is 32.2. The maximum atomic E-state index is 15.0. The van der Waals surface area contributed by atoms with Gasteiger partial charge >= 0.3 is 12.1 Å². The van der Waals surface area contributed by atoms with Gasteiger partial charge in [-0.25, -0.2) is 13.6 Å². The molecule has 18 heteroatoms. The van der Waals surface area contributed by atoms with Crippen LogP contribution in [0.5, 0.6) is 0 Å². The van der Waals surface area contributed by atoms with Crippen molar-refractivity contribution in [3.8, 4) is 11.1 Å². The van der Waals surface area contributed by atoms with E-state index in [0.29, 0.717) is 43.8 Å². The average Bonchev–Trinajstić information content (AvgIpc) is 3.71. The minimum Gasteiger partial charge on any atom is -0.475 e. The van der Waals surface area contributed by atoms with Crippen LogP contribution in [0.1, 0.15) is 63.8 Å². The molecule has 2 aromatic carbocycles. The Morgan fingerprint density at radius 1 is 0.932 bits per heavy atom. The summed E-state index contributed by atoms with van der Waals surface area (Å²) in [4.78, 5) is 73.5. The van der Waals surface area contributed by atoms with Crippen molar-refractivity contribution in [3.63, 3.8) is 0 Å². The zero-order valence-electron chi connectivity index (χ0n) is 32.9. The normalized spacial score (nSPS) is 13.2. The summed E-state index contributed by atoms with van der Waals surface area (Å²) >= 11 is 1.34. The molecular formula is C41H48F5N5O7S. The number of nitrogens with one attached hydrogen (secondary N) is 1. The first-order valence-electron chi connectivity index (χ1n) is 18.6. The van der Waals surface area contributed by atoms with Gasteiger partial charge in [0.2, 0.25) is 11.8 Å². The molecule has 4 amide bonds. The van der Waals surface area contributed by atoms with Gasteiger partial charge in [0, 0.05) is 73.4 Å². The Balaban J connectivity index is 0.00000122. The molecule has 0 spiro atoms. The molecule has 2 heterocycles. The van der Waals surface area contributed by atoms with Crippen LogP contribution in [0.3, 0.4) is 0 Å². The van der Waals surface area contributed by atoms with Crippen LogP contribution in [-0.2, 0) is 35.3 Å². The monoisotopic (exact) mass is 849 g/mol. The Labute approximate surface area is 343 Å². The molecule has 1 atom stereocenters. The van der Waals surface area contributed by atoms with Crippen LogP contribution in [0.25, 0.3) is 11.1 Å². The zero-order chi connectivity index (χ0) is 43.9. The number of halogens is 5. The number of aliphatic carboxylic acids is 1. The fourth-order valence-corrected chi connectivity index (χ4v) is 6.94. The minimum atomic E-state index is -5.08. The summed E-state index contributed by atoms with van der Waals surface area (Å²) in [6, 6.07) is 14.5. The van der Waals surface area contributed by atoms with Gasteiger partial charge in [0.15, 0.2) is 5.78 Å². The van der Waals surface area contributed by atoms with Gasteiger partial charge in [-0.3, -0.25) is 28.9 Å². The van der Waals surface area contributed by atoms with Crippen LogP contribution in [-0.4, -0.2) is 98.7 Å². The maximum Gasteiger partial charge on any atom is 0.490 e. The van der Waals surface area contributed by atoms with Gasteiger partial charge in [-0.1, -0.05) is 51.1 Å². The molecule has 0 saturated heterocycles. The number of rotatable bonds is 19. The van der Waals surface area contributed by atoms with E-state index in [9.17, 15) is 41.5 Å². The number of Topliss-reactive ketones (excluding diaryl/α,β-unsaturated/α-hetero) is 1. The molecule has 3 aromatic rings. The van der Waals surface area contributed by atoms with Crippen LogP contribution in [0, 0.1) is 17.0 Å². The fraction of sp³-hybridized carbons (Fsp3) is 0.415. The summed E-state index contributed by atoms with van der Waals surface area (Å²) in [6.07, 6.45) is 0.180. The lowest BCUT2D eigenvalue weighted by Gasteiger charge is -2.41. The van der Waals surface area contributed by atoms with E-state index >= 15 is 4.39 Å². The zero-order valence-corrected chi connectivity index (χ0v) is 33.7. The number of carbonyl (C=O) groups excluding carboxylic acids is 5. The van der Waals surface area contributed by atoms with Gasteiger partial charge in [-0.15, -0.1) is 0 Å². The van der Waals surface area contributed by atoms with E-state index in [1.807, 2.05) is 66.6 Å². The lowest BCUT2D eigenvalue weighted by atomic mass is 9.83. The van der Waals surface area contributed by atoms with E-state index in [4.69, 9.17) is 15.6 Å². The highest BCUT2D eigenvalue weighted by Crippen LogP contribution is 2.41. The number of carboxylic acid groups (broad SMARTS) is 1. The Morgan fingerprint density at radius 2 is 1.58 bits per heavy atom. The molecule has 4 rings (SSSR count). The molecule has 1 aliphatic rings. The van der Waals surface area contributed by atoms with Crippen LogP contribution in [0.15, 0.2) is 72.9 Å². The van der Waals surface area contributed by atoms with Gasteiger partial charge in [-0.05, 0) is 54.6 Å². The van der Waals surface area contributed by atoms with Gasteiger partial charge in [0.05, 0.1) is 18.3 Å². The smallest absolute Gasteiger partial charge is 0.475 e. The Morgan fingerprint density at radius 3 is 2.17 bits per heavy atom. The van der Waals surface area contributed by atoms with Gasteiger partial charge in [0.1, 0.15) is 11.6 Å². The number of hydrogen-bond donors (Lipinski definition) is 3. The molecule has 4 N–H and O–H groups in total. The second-order valence-electron chi connectivity index (χ2n) is 14.6. The largest absolute Gasteiger partial charge is 0.490 e. The third-order valence-corrected chi connectivity index (χ3v) is 9.78. The van der Waals surface area contributed by atoms with Crippen LogP contribution >= 0.6 is 11.8 Å². The van der Waals surface area contributed by atoms with Crippen molar-refractivity contribution in [2.24, 2.45) is 11.1 Å². The number of imide groups is 1. The number of carbonyl (C=O) groups is 6. The number of nitrogens with two attached hydrogens (primary N) is 1. The minimum absolute atomic E-state index is 0.113. The summed E-state index contributed by atoms with van der Waals surface area (Å²) in [7, 11) is 0. The average molecular weight is 850 g/mol. The number of alkyl halides is 3. The number of aromatic nitrogens is 1. The van der Waals surface area contributed by atoms with Crippen molar-refractivity contribution in [3.05, 3.63) is 95.8 Å². The Kier molecular flexibility index (Phi) is 18.0. The van der Waals surface area contributed by atoms with Gasteiger partial charge in [-0.2, -0.15) is 24.9 Å². The molecule has 1 aromatic heterocycles. The van der Waals surface area contributed by atoms with Crippen molar-refractivity contribution in [2.45, 2.75) is 65.2 Å². The second-order valence-corrected chi connectivity index (χ2v) is 15.7. The van der Waals surface area contributed by atoms with Gasteiger partial charge < -0.3 is 25.6 Å². The summed E-state index contributed by atoms with van der Waals surface area (Å²) in [5.74, 6) is -4.99. The Bertz CT molecular complexity index is 1960. The Hall–Kier alpha value is -5.36. The van der Waals surface area contributed by atoms with Crippen molar-refractivity contribution in [1.82, 2.24) is 19.7 Å². The third kappa shape index (κ3) is 15.1. The summed E-state index contributed by atoms with van der Waals surface area (Å²) in [5.41, 5.74) is 7.86. The number of benzene rings is 2. The SMILES string of the molecule is CC(C)(C)[C@H](c1cc(-c2cc(F)ccc2F)cn1Cc1ccccc1)N(CCCN)C(=O)CSCCC(=O)NCCCC(=O)CN1C(=O)C=CC1=O.O=C(O)C(F)(F)F. The van der Waals surface area contributed by atoms with Crippen molar-refractivity contribution in [1.29, 1.82) is 0 Å². The molecule has 59 heavy (non-hydrogen) atoms. The van der Waals surface area contributed by atoms with E-state index in [1.165, 1.54) is 17.8 Å². The second kappa shape index (κ2) is 22.1. The summed E-state index contributed by atoms with van der Waals surface area (Å²) in [5, 5.41) is 9.90. The van der Waals surface area contributed by atoms with E-state index in [0.717, 1.165) is 40.4 Å². The lowest BCUT2D eigenvalue weighted by Crippen LogP contribution is -2.44. The van der Waals surface area contributed by atoms with Gasteiger partial charge in [0.25, 0.3) is 11.8 Å². The number of hydrogen-bond acceptors (Lipinski definition) is 8. The molecule has 0 saturated carbocycles. The highest BCUT2D eigenvalue weighted by Gasteiger charge is 2.39. The number of thioether (sulfide) groups is 1. The topological polar surface area (TPSA) is 172 Å². The van der Waals surface area contributed by atoms with E-state index in [-0.39, 0.29) is 54.8 Å². The predicted molar refractivity (Wildman–Crippen MR) is 212 cm³/mol. The first-order chi connectivity index (χ1) is 27.7.